The van der Waals surface area contributed by atoms with Crippen LogP contribution in [0.3, 0.4) is 0 Å². The minimum absolute atomic E-state index is 0.0178. The summed E-state index contributed by atoms with van der Waals surface area (Å²) < 4.78 is 29.9. The van der Waals surface area contributed by atoms with Gasteiger partial charge < -0.3 is 4.52 Å². The van der Waals surface area contributed by atoms with Crippen LogP contribution in [0.2, 0.25) is 0 Å². The summed E-state index contributed by atoms with van der Waals surface area (Å²) >= 11 is 5.59. The Morgan fingerprint density at radius 2 is 1.21 bits per heavy atom. The van der Waals surface area contributed by atoms with Crippen molar-refractivity contribution >= 4 is 24.7 Å². The number of carbonyl (C=O) groups is 1. The van der Waals surface area contributed by atoms with Crippen LogP contribution in [0.1, 0.15) is 21.5 Å². The van der Waals surface area contributed by atoms with E-state index in [9.17, 15) is 9.36 Å². The average Bonchev–Trinajstić information content (AvgIpc) is 2.73. The van der Waals surface area contributed by atoms with E-state index < -0.39 is 13.1 Å². The molecule has 0 radical (unpaired) electrons. The van der Waals surface area contributed by atoms with Gasteiger partial charge in [-0.3, -0.25) is 13.8 Å². The molecule has 144 valence electrons. The van der Waals surface area contributed by atoms with Crippen molar-refractivity contribution in [3.8, 4) is 5.75 Å². The van der Waals surface area contributed by atoms with Gasteiger partial charge in [-0.1, -0.05) is 72.8 Å². The van der Waals surface area contributed by atoms with E-state index in [2.05, 4.69) is 0 Å². The summed E-state index contributed by atoms with van der Waals surface area (Å²) in [6, 6.07) is 24.7. The van der Waals surface area contributed by atoms with Crippen molar-refractivity contribution in [2.75, 3.05) is 0 Å². The number of para-hydroxylation sites is 1. The fraction of sp³-hybridized carbons (Fsp3) is 0.0952. The topological polar surface area (TPSA) is 61.8 Å². The fourth-order valence-electron chi connectivity index (χ4n) is 2.37. The van der Waals surface area contributed by atoms with Gasteiger partial charge in [-0.25, -0.2) is 4.57 Å². The highest BCUT2D eigenvalue weighted by Crippen LogP contribution is 2.51. The van der Waals surface area contributed by atoms with Crippen molar-refractivity contribution in [1.29, 1.82) is 0 Å². The van der Waals surface area contributed by atoms with E-state index in [0.717, 1.165) is 11.1 Å². The predicted octanol–water partition coefficient (Wildman–Crippen LogP) is 5.99. The van der Waals surface area contributed by atoms with Crippen LogP contribution in [0.4, 0.5) is 0 Å². The molecule has 0 unspecified atom stereocenters. The first-order chi connectivity index (χ1) is 13.6. The van der Waals surface area contributed by atoms with Gasteiger partial charge in [-0.15, -0.1) is 0 Å². The number of benzene rings is 3. The lowest BCUT2D eigenvalue weighted by Crippen LogP contribution is -2.05. The summed E-state index contributed by atoms with van der Waals surface area (Å²) in [6.45, 7) is 0.0355. The Kier molecular flexibility index (Phi) is 7.01. The zero-order chi connectivity index (χ0) is 19.8. The molecule has 0 heterocycles. The lowest BCUT2D eigenvalue weighted by molar-refractivity contribution is 0.107. The third kappa shape index (κ3) is 5.78. The molecular weight excluding hydrogens is 399 g/mol. The molecule has 0 spiro atoms. The number of hydrogen-bond donors (Lipinski definition) is 0. The SMILES string of the molecule is O=C(Cl)c1ccccc1OP(=O)(OCc1ccccc1)OCc1ccccc1. The summed E-state index contributed by atoms with van der Waals surface area (Å²) in [6.07, 6.45) is 0. The van der Waals surface area contributed by atoms with Crippen LogP contribution < -0.4 is 4.52 Å². The molecule has 28 heavy (non-hydrogen) atoms. The van der Waals surface area contributed by atoms with Crippen molar-refractivity contribution in [2.45, 2.75) is 13.2 Å². The molecule has 3 aromatic carbocycles. The summed E-state index contributed by atoms with van der Waals surface area (Å²) in [5.41, 5.74) is 1.68. The van der Waals surface area contributed by atoms with E-state index in [1.165, 1.54) is 12.1 Å². The molecule has 3 rings (SSSR count). The maximum Gasteiger partial charge on any atom is 0.530 e. The van der Waals surface area contributed by atoms with E-state index in [1.54, 1.807) is 12.1 Å². The van der Waals surface area contributed by atoms with Crippen LogP contribution in [0.15, 0.2) is 84.9 Å². The quantitative estimate of drug-likeness (QED) is 0.317. The van der Waals surface area contributed by atoms with Gasteiger partial charge in [0.2, 0.25) is 0 Å². The third-order valence-corrected chi connectivity index (χ3v) is 5.29. The van der Waals surface area contributed by atoms with E-state index in [4.69, 9.17) is 25.2 Å². The number of halogens is 1. The smallest absolute Gasteiger partial charge is 0.403 e. The van der Waals surface area contributed by atoms with Crippen molar-refractivity contribution in [3.05, 3.63) is 102 Å². The largest absolute Gasteiger partial charge is 0.530 e. The monoisotopic (exact) mass is 416 g/mol. The molecule has 0 N–H and O–H groups in total. The van der Waals surface area contributed by atoms with Gasteiger partial charge in [-0.2, -0.15) is 0 Å². The van der Waals surface area contributed by atoms with Crippen LogP contribution in [0, 0.1) is 0 Å². The third-order valence-electron chi connectivity index (χ3n) is 3.77. The van der Waals surface area contributed by atoms with Crippen LogP contribution >= 0.6 is 19.4 Å². The molecule has 0 bridgehead atoms. The van der Waals surface area contributed by atoms with Crippen molar-refractivity contribution < 1.29 is 22.9 Å². The molecule has 0 amide bonds. The molecule has 0 saturated heterocycles. The minimum Gasteiger partial charge on any atom is -0.403 e. The van der Waals surface area contributed by atoms with Gasteiger partial charge in [0.25, 0.3) is 5.24 Å². The second-order valence-electron chi connectivity index (χ2n) is 5.83. The van der Waals surface area contributed by atoms with Crippen LogP contribution in [-0.4, -0.2) is 5.24 Å². The highest BCUT2D eigenvalue weighted by molar-refractivity contribution is 7.48. The first-order valence-electron chi connectivity index (χ1n) is 8.51. The van der Waals surface area contributed by atoms with Gasteiger partial charge in [-0.05, 0) is 34.9 Å². The maximum absolute atomic E-state index is 13.3. The van der Waals surface area contributed by atoms with E-state index >= 15 is 0 Å². The first kappa shape index (κ1) is 20.3. The second kappa shape index (κ2) is 9.67. The molecule has 0 aromatic heterocycles. The Bertz CT molecular complexity index is 915. The average molecular weight is 417 g/mol. The number of rotatable bonds is 9. The number of carbonyl (C=O) groups excluding carboxylic acids is 1. The zero-order valence-corrected chi connectivity index (χ0v) is 16.5. The van der Waals surface area contributed by atoms with Gasteiger partial charge in [0, 0.05) is 0 Å². The fourth-order valence-corrected chi connectivity index (χ4v) is 3.73. The zero-order valence-electron chi connectivity index (χ0n) is 14.9. The number of phosphoric acid groups is 1. The second-order valence-corrected chi connectivity index (χ2v) is 7.76. The maximum atomic E-state index is 13.3. The lowest BCUT2D eigenvalue weighted by Gasteiger charge is -2.19. The summed E-state index contributed by atoms with van der Waals surface area (Å²) in [5.74, 6) is 0.0342. The van der Waals surface area contributed by atoms with Gasteiger partial charge in [0.15, 0.2) is 0 Å². The Morgan fingerprint density at radius 3 is 1.71 bits per heavy atom. The summed E-state index contributed by atoms with van der Waals surface area (Å²) in [4.78, 5) is 11.6. The molecule has 0 aliphatic heterocycles. The van der Waals surface area contributed by atoms with Crippen LogP contribution in [-0.2, 0) is 26.8 Å². The predicted molar refractivity (Wildman–Crippen MR) is 107 cm³/mol. The van der Waals surface area contributed by atoms with Gasteiger partial charge >= 0.3 is 7.82 Å². The van der Waals surface area contributed by atoms with Crippen molar-refractivity contribution in [3.63, 3.8) is 0 Å². The van der Waals surface area contributed by atoms with Crippen LogP contribution in [0.5, 0.6) is 5.75 Å². The minimum atomic E-state index is -4.05. The Morgan fingerprint density at radius 1 is 0.750 bits per heavy atom. The van der Waals surface area contributed by atoms with Crippen molar-refractivity contribution in [2.24, 2.45) is 0 Å². The molecule has 0 atom stereocenters. The normalized spacial score (nSPS) is 11.2. The van der Waals surface area contributed by atoms with Crippen molar-refractivity contribution in [1.82, 2.24) is 0 Å². The standard InChI is InChI=1S/C21H18ClO5P/c22-21(23)19-13-7-8-14-20(19)27-28(24,25-15-17-9-3-1-4-10-17)26-16-18-11-5-2-6-12-18/h1-14H,15-16H2. The Labute approximate surface area is 168 Å². The molecule has 3 aromatic rings. The lowest BCUT2D eigenvalue weighted by atomic mass is 10.2. The van der Waals surface area contributed by atoms with Gasteiger partial charge in [0.05, 0.1) is 18.8 Å². The highest BCUT2D eigenvalue weighted by Gasteiger charge is 2.30. The first-order valence-corrected chi connectivity index (χ1v) is 10.3. The molecule has 7 heteroatoms. The molecule has 5 nitrogen and oxygen atoms in total. The highest BCUT2D eigenvalue weighted by atomic mass is 35.5. The number of phosphoric ester groups is 1. The molecular formula is C21H18ClO5P. The molecule has 0 aliphatic carbocycles. The van der Waals surface area contributed by atoms with Gasteiger partial charge in [0.1, 0.15) is 5.75 Å². The molecule has 0 fully saturated rings. The van der Waals surface area contributed by atoms with E-state index in [0.29, 0.717) is 0 Å². The van der Waals surface area contributed by atoms with Crippen LogP contribution in [0.25, 0.3) is 0 Å². The summed E-state index contributed by atoms with van der Waals surface area (Å²) in [5, 5.41) is -0.728. The summed E-state index contributed by atoms with van der Waals surface area (Å²) in [7, 11) is -4.05. The molecule has 0 saturated carbocycles. The molecule has 0 aliphatic rings. The number of hydrogen-bond acceptors (Lipinski definition) is 5. The van der Waals surface area contributed by atoms with E-state index in [1.807, 2.05) is 60.7 Å². The van der Waals surface area contributed by atoms with E-state index in [-0.39, 0.29) is 24.5 Å². The Balaban J connectivity index is 1.81. The Hall–Kier alpha value is -2.43.